The summed E-state index contributed by atoms with van der Waals surface area (Å²) in [6.45, 7) is 3.92. The molecule has 0 amide bonds. The number of nitrogens with zero attached hydrogens (tertiary/aromatic N) is 4. The summed E-state index contributed by atoms with van der Waals surface area (Å²) in [5, 5.41) is 12.8. The molecule has 0 aliphatic carbocycles. The van der Waals surface area contributed by atoms with Crippen LogP contribution in [0.1, 0.15) is 28.8 Å². The lowest BCUT2D eigenvalue weighted by Gasteiger charge is -2.16. The maximum Gasteiger partial charge on any atom is 0.0847 e. The van der Waals surface area contributed by atoms with Crippen LogP contribution >= 0.6 is 11.6 Å². The number of nitrogens with one attached hydrogen (secondary N) is 1. The van der Waals surface area contributed by atoms with Crippen molar-refractivity contribution < 1.29 is 0 Å². The molecular formula is C13H20ClN5. The number of aryl methyl sites for hydroxylation is 4. The Morgan fingerprint density at radius 2 is 1.95 bits per heavy atom. The van der Waals surface area contributed by atoms with E-state index >= 15 is 0 Å². The van der Waals surface area contributed by atoms with Crippen molar-refractivity contribution in [1.82, 2.24) is 24.9 Å². The van der Waals surface area contributed by atoms with Gasteiger partial charge in [0, 0.05) is 20.5 Å². The Morgan fingerprint density at radius 3 is 2.37 bits per heavy atom. The van der Waals surface area contributed by atoms with Crippen LogP contribution in [-0.2, 0) is 20.5 Å². The molecule has 1 N–H and O–H groups in total. The fourth-order valence-corrected chi connectivity index (χ4v) is 2.64. The van der Waals surface area contributed by atoms with E-state index < -0.39 is 0 Å². The largest absolute Gasteiger partial charge is 0.311 e. The van der Waals surface area contributed by atoms with Gasteiger partial charge in [-0.2, -0.15) is 10.2 Å². The Morgan fingerprint density at radius 1 is 1.26 bits per heavy atom. The minimum Gasteiger partial charge on any atom is -0.311 e. The first-order valence-corrected chi connectivity index (χ1v) is 6.67. The average Bonchev–Trinajstić information content (AvgIpc) is 2.79. The standard InChI is InChI=1S/C13H20ClN5/c1-8-6-11(18(4)16-8)10(15-3)7-12-13(14)9(2)17-19(12)5/h6,10,15H,7H2,1-5H3. The van der Waals surface area contributed by atoms with E-state index in [1.807, 2.05) is 44.4 Å². The molecule has 2 aromatic heterocycles. The zero-order valence-corrected chi connectivity index (χ0v) is 12.8. The summed E-state index contributed by atoms with van der Waals surface area (Å²) in [7, 11) is 5.84. The number of halogens is 1. The molecular weight excluding hydrogens is 262 g/mol. The quantitative estimate of drug-likeness (QED) is 0.931. The third-order valence-electron chi connectivity index (χ3n) is 3.40. The Bertz CT molecular complexity index is 584. The van der Waals surface area contributed by atoms with E-state index in [0.717, 1.165) is 34.2 Å². The number of likely N-dealkylation sites (N-methyl/N-ethyl adjacent to an activating group) is 1. The molecule has 0 saturated heterocycles. The first-order valence-electron chi connectivity index (χ1n) is 6.29. The highest BCUT2D eigenvalue weighted by Gasteiger charge is 2.20. The SMILES string of the molecule is CNC(Cc1c(Cl)c(C)nn1C)c1cc(C)nn1C. The van der Waals surface area contributed by atoms with Crippen LogP contribution in [0.5, 0.6) is 0 Å². The molecule has 0 aliphatic rings. The normalized spacial score (nSPS) is 12.9. The number of hydrogen-bond donors (Lipinski definition) is 1. The van der Waals surface area contributed by atoms with Crippen molar-refractivity contribution in [2.75, 3.05) is 7.05 Å². The molecule has 104 valence electrons. The molecule has 1 atom stereocenters. The van der Waals surface area contributed by atoms with Gasteiger partial charge in [-0.3, -0.25) is 9.36 Å². The molecule has 19 heavy (non-hydrogen) atoms. The lowest BCUT2D eigenvalue weighted by Crippen LogP contribution is -2.22. The summed E-state index contributed by atoms with van der Waals surface area (Å²) in [4.78, 5) is 0. The second-order valence-corrected chi connectivity index (χ2v) is 5.23. The summed E-state index contributed by atoms with van der Waals surface area (Å²) in [6.07, 6.45) is 0.783. The zero-order chi connectivity index (χ0) is 14.2. The predicted octanol–water partition coefficient (Wildman–Crippen LogP) is 1.93. The van der Waals surface area contributed by atoms with Crippen LogP contribution in [0, 0.1) is 13.8 Å². The van der Waals surface area contributed by atoms with Gasteiger partial charge in [-0.25, -0.2) is 0 Å². The van der Waals surface area contributed by atoms with Crippen LogP contribution in [0.2, 0.25) is 5.02 Å². The Balaban J connectivity index is 2.31. The lowest BCUT2D eigenvalue weighted by atomic mass is 10.1. The van der Waals surface area contributed by atoms with Crippen LogP contribution in [0.3, 0.4) is 0 Å². The zero-order valence-electron chi connectivity index (χ0n) is 12.0. The van der Waals surface area contributed by atoms with Crippen LogP contribution in [0.4, 0.5) is 0 Å². The molecule has 6 heteroatoms. The Hall–Kier alpha value is -1.33. The number of rotatable bonds is 4. The van der Waals surface area contributed by atoms with Crippen molar-refractivity contribution in [2.24, 2.45) is 14.1 Å². The summed E-state index contributed by atoms with van der Waals surface area (Å²) in [6, 6.07) is 2.26. The monoisotopic (exact) mass is 281 g/mol. The van der Waals surface area contributed by atoms with E-state index in [9.17, 15) is 0 Å². The van der Waals surface area contributed by atoms with Gasteiger partial charge < -0.3 is 5.32 Å². The Labute approximate surface area is 118 Å². The highest BCUT2D eigenvalue weighted by Crippen LogP contribution is 2.25. The predicted molar refractivity (Wildman–Crippen MR) is 76.4 cm³/mol. The minimum atomic E-state index is 0.165. The van der Waals surface area contributed by atoms with E-state index in [-0.39, 0.29) is 6.04 Å². The summed E-state index contributed by atoms with van der Waals surface area (Å²) < 4.78 is 3.76. The molecule has 0 fully saturated rings. The van der Waals surface area contributed by atoms with Crippen molar-refractivity contribution in [2.45, 2.75) is 26.3 Å². The van der Waals surface area contributed by atoms with Gasteiger partial charge in [0.05, 0.1) is 33.8 Å². The Kier molecular flexibility index (Phi) is 3.96. The van der Waals surface area contributed by atoms with Crippen molar-refractivity contribution >= 4 is 11.6 Å². The van der Waals surface area contributed by atoms with Gasteiger partial charge in [0.2, 0.25) is 0 Å². The first kappa shape index (κ1) is 14.1. The molecule has 1 unspecified atom stereocenters. The molecule has 0 saturated carbocycles. The van der Waals surface area contributed by atoms with Crippen LogP contribution < -0.4 is 5.32 Å². The molecule has 0 spiro atoms. The van der Waals surface area contributed by atoms with E-state index in [2.05, 4.69) is 21.6 Å². The first-order chi connectivity index (χ1) is 8.93. The van der Waals surface area contributed by atoms with Gasteiger partial charge in [0.15, 0.2) is 0 Å². The average molecular weight is 282 g/mol. The molecule has 0 bridgehead atoms. The van der Waals surface area contributed by atoms with Crippen LogP contribution in [0.25, 0.3) is 0 Å². The van der Waals surface area contributed by atoms with Gasteiger partial charge in [0.25, 0.3) is 0 Å². The van der Waals surface area contributed by atoms with Gasteiger partial charge in [-0.05, 0) is 27.0 Å². The fraction of sp³-hybridized carbons (Fsp3) is 0.538. The van der Waals surface area contributed by atoms with Crippen molar-refractivity contribution in [1.29, 1.82) is 0 Å². The summed E-state index contributed by atoms with van der Waals surface area (Å²) >= 11 is 6.31. The van der Waals surface area contributed by atoms with E-state index in [4.69, 9.17) is 11.6 Å². The van der Waals surface area contributed by atoms with Crippen molar-refractivity contribution in [3.8, 4) is 0 Å². The third-order valence-corrected chi connectivity index (χ3v) is 3.89. The maximum atomic E-state index is 6.31. The van der Waals surface area contributed by atoms with Gasteiger partial charge in [0.1, 0.15) is 0 Å². The lowest BCUT2D eigenvalue weighted by molar-refractivity contribution is 0.519. The molecule has 0 aliphatic heterocycles. The van der Waals surface area contributed by atoms with E-state index in [1.165, 1.54) is 0 Å². The highest BCUT2D eigenvalue weighted by molar-refractivity contribution is 6.31. The number of aromatic nitrogens is 4. The molecule has 2 rings (SSSR count). The van der Waals surface area contributed by atoms with E-state index in [1.54, 1.807) is 0 Å². The van der Waals surface area contributed by atoms with Gasteiger partial charge >= 0.3 is 0 Å². The summed E-state index contributed by atoms with van der Waals surface area (Å²) in [5.41, 5.74) is 4.08. The maximum absolute atomic E-state index is 6.31. The molecule has 2 heterocycles. The molecule has 0 radical (unpaired) electrons. The summed E-state index contributed by atoms with van der Waals surface area (Å²) in [5.74, 6) is 0. The smallest absolute Gasteiger partial charge is 0.0847 e. The topological polar surface area (TPSA) is 47.7 Å². The fourth-order valence-electron chi connectivity index (χ4n) is 2.41. The second kappa shape index (κ2) is 5.35. The van der Waals surface area contributed by atoms with Gasteiger partial charge in [-0.15, -0.1) is 0 Å². The van der Waals surface area contributed by atoms with Crippen LogP contribution in [-0.4, -0.2) is 26.6 Å². The van der Waals surface area contributed by atoms with Crippen molar-refractivity contribution in [3.05, 3.63) is 33.9 Å². The van der Waals surface area contributed by atoms with Crippen LogP contribution in [0.15, 0.2) is 6.07 Å². The molecule has 0 aromatic carbocycles. The second-order valence-electron chi connectivity index (χ2n) is 4.85. The third kappa shape index (κ3) is 2.67. The van der Waals surface area contributed by atoms with Gasteiger partial charge in [-0.1, -0.05) is 11.6 Å². The van der Waals surface area contributed by atoms with Crippen molar-refractivity contribution in [3.63, 3.8) is 0 Å². The molecule has 2 aromatic rings. The highest BCUT2D eigenvalue weighted by atomic mass is 35.5. The van der Waals surface area contributed by atoms with E-state index in [0.29, 0.717) is 0 Å². The number of hydrogen-bond acceptors (Lipinski definition) is 3. The molecule has 5 nitrogen and oxygen atoms in total. The minimum absolute atomic E-state index is 0.165.